The van der Waals surface area contributed by atoms with Gasteiger partial charge in [0.1, 0.15) is 5.75 Å². The molecule has 5 heteroatoms. The molecule has 2 aromatic rings. The lowest BCUT2D eigenvalue weighted by Gasteiger charge is -2.15. The summed E-state index contributed by atoms with van der Waals surface area (Å²) in [6.07, 6.45) is -0.128. The highest BCUT2D eigenvalue weighted by Gasteiger charge is 2.15. The van der Waals surface area contributed by atoms with Crippen molar-refractivity contribution in [2.45, 2.75) is 26.4 Å². The Labute approximate surface area is 126 Å². The first-order valence-electron chi connectivity index (χ1n) is 6.32. The third-order valence-corrected chi connectivity index (χ3v) is 3.94. The smallest absolute Gasteiger partial charge is 0.119 e. The van der Waals surface area contributed by atoms with Crippen molar-refractivity contribution in [2.24, 2.45) is 0 Å². The SMILES string of the molecule is COc1ccc(Br)c(CC(O)c2cc(C)nnc2C)c1. The zero-order valence-electron chi connectivity index (χ0n) is 11.7. The summed E-state index contributed by atoms with van der Waals surface area (Å²) in [5.74, 6) is 0.774. The molecule has 106 valence electrons. The fourth-order valence-electron chi connectivity index (χ4n) is 2.06. The summed E-state index contributed by atoms with van der Waals surface area (Å²) < 4.78 is 6.17. The van der Waals surface area contributed by atoms with Gasteiger partial charge in [0.2, 0.25) is 0 Å². The standard InChI is InChI=1S/C15H17BrN2O2/c1-9-6-13(10(2)18-17-9)15(19)8-11-7-12(20-3)4-5-14(11)16/h4-7,15,19H,8H2,1-3H3. The van der Waals surface area contributed by atoms with Gasteiger partial charge in [-0.2, -0.15) is 10.2 Å². The molecule has 20 heavy (non-hydrogen) atoms. The number of rotatable bonds is 4. The summed E-state index contributed by atoms with van der Waals surface area (Å²) in [7, 11) is 1.63. The van der Waals surface area contributed by atoms with Crippen LogP contribution in [-0.2, 0) is 6.42 Å². The second-order valence-electron chi connectivity index (χ2n) is 4.70. The predicted octanol–water partition coefficient (Wildman–Crippen LogP) is 3.14. The van der Waals surface area contributed by atoms with Gasteiger partial charge in [-0.1, -0.05) is 15.9 Å². The summed E-state index contributed by atoms with van der Waals surface area (Å²) in [6, 6.07) is 7.60. The second-order valence-corrected chi connectivity index (χ2v) is 5.56. The molecule has 0 spiro atoms. The van der Waals surface area contributed by atoms with Gasteiger partial charge < -0.3 is 9.84 Å². The van der Waals surface area contributed by atoms with Crippen LogP contribution >= 0.6 is 15.9 Å². The fourth-order valence-corrected chi connectivity index (χ4v) is 2.47. The molecule has 1 unspecified atom stereocenters. The van der Waals surface area contributed by atoms with Gasteiger partial charge in [-0.25, -0.2) is 0 Å². The molecule has 0 saturated heterocycles. The maximum Gasteiger partial charge on any atom is 0.119 e. The Balaban J connectivity index is 2.27. The van der Waals surface area contributed by atoms with E-state index in [-0.39, 0.29) is 0 Å². The highest BCUT2D eigenvalue weighted by molar-refractivity contribution is 9.10. The molecule has 0 fully saturated rings. The first-order valence-corrected chi connectivity index (χ1v) is 7.12. The third kappa shape index (κ3) is 3.35. The molecule has 1 N–H and O–H groups in total. The molecule has 1 atom stereocenters. The molecule has 0 aliphatic carbocycles. The quantitative estimate of drug-likeness (QED) is 0.931. The van der Waals surface area contributed by atoms with E-state index in [0.717, 1.165) is 32.7 Å². The third-order valence-electron chi connectivity index (χ3n) is 3.17. The number of benzene rings is 1. The van der Waals surface area contributed by atoms with Crippen LogP contribution < -0.4 is 4.74 Å². The number of aromatic nitrogens is 2. The topological polar surface area (TPSA) is 55.2 Å². The minimum absolute atomic E-state index is 0.490. The molecule has 4 nitrogen and oxygen atoms in total. The summed E-state index contributed by atoms with van der Waals surface area (Å²) in [6.45, 7) is 3.72. The number of aryl methyl sites for hydroxylation is 2. The Bertz CT molecular complexity index is 617. The number of hydrogen-bond donors (Lipinski definition) is 1. The van der Waals surface area contributed by atoms with E-state index in [2.05, 4.69) is 26.1 Å². The van der Waals surface area contributed by atoms with Crippen LogP contribution in [0.15, 0.2) is 28.7 Å². The largest absolute Gasteiger partial charge is 0.497 e. The Hall–Kier alpha value is -1.46. The maximum atomic E-state index is 10.4. The first-order chi connectivity index (χ1) is 9.51. The van der Waals surface area contributed by atoms with Gasteiger partial charge >= 0.3 is 0 Å². The van der Waals surface area contributed by atoms with Crippen molar-refractivity contribution in [2.75, 3.05) is 7.11 Å². The lowest BCUT2D eigenvalue weighted by molar-refractivity contribution is 0.176. The summed E-state index contributed by atoms with van der Waals surface area (Å²) in [5.41, 5.74) is 3.36. The minimum Gasteiger partial charge on any atom is -0.497 e. The molecule has 1 heterocycles. The van der Waals surface area contributed by atoms with Crippen molar-refractivity contribution < 1.29 is 9.84 Å². The Morgan fingerprint density at radius 2 is 2.00 bits per heavy atom. The number of aliphatic hydroxyl groups is 1. The average Bonchev–Trinajstić information content (AvgIpc) is 2.43. The predicted molar refractivity (Wildman–Crippen MR) is 80.9 cm³/mol. The van der Waals surface area contributed by atoms with Crippen LogP contribution in [0.5, 0.6) is 5.75 Å². The molecule has 0 radical (unpaired) electrons. The zero-order chi connectivity index (χ0) is 14.7. The number of ether oxygens (including phenoxy) is 1. The number of halogens is 1. The van der Waals surface area contributed by atoms with Crippen LogP contribution in [0.25, 0.3) is 0 Å². The molecule has 0 aliphatic rings. The summed E-state index contributed by atoms with van der Waals surface area (Å²) in [4.78, 5) is 0. The van der Waals surface area contributed by atoms with E-state index in [1.165, 1.54) is 0 Å². The van der Waals surface area contributed by atoms with Crippen molar-refractivity contribution in [1.82, 2.24) is 10.2 Å². The van der Waals surface area contributed by atoms with Gasteiger partial charge in [0, 0.05) is 16.5 Å². The molecule has 2 rings (SSSR count). The van der Waals surface area contributed by atoms with Crippen molar-refractivity contribution in [1.29, 1.82) is 0 Å². The molecule has 0 saturated carbocycles. The van der Waals surface area contributed by atoms with Gasteiger partial charge in [-0.05, 0) is 43.7 Å². The van der Waals surface area contributed by atoms with Gasteiger partial charge in [0.15, 0.2) is 0 Å². The van der Waals surface area contributed by atoms with E-state index in [1.807, 2.05) is 38.1 Å². The lowest BCUT2D eigenvalue weighted by Crippen LogP contribution is -2.07. The van der Waals surface area contributed by atoms with E-state index in [1.54, 1.807) is 7.11 Å². The van der Waals surface area contributed by atoms with E-state index >= 15 is 0 Å². The van der Waals surface area contributed by atoms with E-state index in [9.17, 15) is 5.11 Å². The zero-order valence-corrected chi connectivity index (χ0v) is 13.3. The number of methoxy groups -OCH3 is 1. The van der Waals surface area contributed by atoms with E-state index in [0.29, 0.717) is 6.42 Å². The second kappa shape index (κ2) is 6.33. The van der Waals surface area contributed by atoms with Crippen LogP contribution in [0.1, 0.15) is 28.6 Å². The van der Waals surface area contributed by atoms with Gasteiger partial charge in [0.05, 0.1) is 24.6 Å². The van der Waals surface area contributed by atoms with E-state index in [4.69, 9.17) is 4.74 Å². The summed E-state index contributed by atoms with van der Waals surface area (Å²) >= 11 is 3.50. The lowest BCUT2D eigenvalue weighted by atomic mass is 10.0. The normalized spacial score (nSPS) is 12.2. The molecule has 0 bridgehead atoms. The van der Waals surface area contributed by atoms with Crippen molar-refractivity contribution in [3.63, 3.8) is 0 Å². The number of nitrogens with zero attached hydrogens (tertiary/aromatic N) is 2. The van der Waals surface area contributed by atoms with Gasteiger partial charge in [-0.15, -0.1) is 0 Å². The molecule has 0 aliphatic heterocycles. The molecular formula is C15H17BrN2O2. The van der Waals surface area contributed by atoms with Crippen LogP contribution in [-0.4, -0.2) is 22.4 Å². The Kier molecular flexibility index (Phi) is 4.73. The first kappa shape index (κ1) is 14.9. The maximum absolute atomic E-state index is 10.4. The molecule has 0 amide bonds. The fraction of sp³-hybridized carbons (Fsp3) is 0.333. The Morgan fingerprint density at radius 3 is 2.70 bits per heavy atom. The molecular weight excluding hydrogens is 320 g/mol. The average molecular weight is 337 g/mol. The van der Waals surface area contributed by atoms with Gasteiger partial charge in [-0.3, -0.25) is 0 Å². The van der Waals surface area contributed by atoms with Gasteiger partial charge in [0.25, 0.3) is 0 Å². The van der Waals surface area contributed by atoms with Crippen molar-refractivity contribution in [3.05, 3.63) is 51.3 Å². The molecule has 1 aromatic heterocycles. The monoisotopic (exact) mass is 336 g/mol. The Morgan fingerprint density at radius 1 is 1.25 bits per heavy atom. The van der Waals surface area contributed by atoms with Crippen LogP contribution in [0, 0.1) is 13.8 Å². The highest BCUT2D eigenvalue weighted by Crippen LogP contribution is 2.28. The highest BCUT2D eigenvalue weighted by atomic mass is 79.9. The number of aliphatic hydroxyl groups excluding tert-OH is 1. The van der Waals surface area contributed by atoms with Crippen molar-refractivity contribution in [3.8, 4) is 5.75 Å². The van der Waals surface area contributed by atoms with E-state index < -0.39 is 6.10 Å². The van der Waals surface area contributed by atoms with Crippen LogP contribution in [0.3, 0.4) is 0 Å². The van der Waals surface area contributed by atoms with Crippen LogP contribution in [0.4, 0.5) is 0 Å². The van der Waals surface area contributed by atoms with Crippen molar-refractivity contribution >= 4 is 15.9 Å². The van der Waals surface area contributed by atoms with Crippen LogP contribution in [0.2, 0.25) is 0 Å². The molecule has 1 aromatic carbocycles. The summed E-state index contributed by atoms with van der Waals surface area (Å²) in [5, 5.41) is 18.5. The number of hydrogen-bond acceptors (Lipinski definition) is 4. The minimum atomic E-state index is -0.618.